The van der Waals surface area contributed by atoms with Gasteiger partial charge in [-0.2, -0.15) is 0 Å². The van der Waals surface area contributed by atoms with Gasteiger partial charge in [-0.05, 0) is 44.9 Å². The number of ether oxygens (including phenoxy) is 3. The predicted molar refractivity (Wildman–Crippen MR) is 363 cm³/mol. The van der Waals surface area contributed by atoms with Crippen molar-refractivity contribution < 1.29 is 28.6 Å². The van der Waals surface area contributed by atoms with Gasteiger partial charge in [0.05, 0.1) is 0 Å². The first kappa shape index (κ1) is 81.2. The van der Waals surface area contributed by atoms with Gasteiger partial charge in [0.2, 0.25) is 0 Å². The van der Waals surface area contributed by atoms with Crippen LogP contribution in [0.25, 0.3) is 0 Å². The lowest BCUT2D eigenvalue weighted by Gasteiger charge is -2.18. The van der Waals surface area contributed by atoms with Gasteiger partial charge in [-0.1, -0.05) is 392 Å². The van der Waals surface area contributed by atoms with Crippen LogP contribution in [0.2, 0.25) is 0 Å². The number of hydrogen-bond donors (Lipinski definition) is 0. The number of unbranched alkanes of at least 4 members (excludes halogenated alkanes) is 59. The molecule has 6 nitrogen and oxygen atoms in total. The van der Waals surface area contributed by atoms with Crippen molar-refractivity contribution in [2.45, 2.75) is 451 Å². The van der Waals surface area contributed by atoms with Gasteiger partial charge in [-0.3, -0.25) is 14.4 Å². The summed E-state index contributed by atoms with van der Waals surface area (Å²) in [6.07, 6.45) is 88.4. The molecule has 0 spiro atoms. The van der Waals surface area contributed by atoms with Crippen LogP contribution >= 0.6 is 0 Å². The molecule has 1 atom stereocenters. The summed E-state index contributed by atoms with van der Waals surface area (Å²) in [7, 11) is 0. The Kier molecular flexibility index (Phi) is 71.0. The fraction of sp³-hybridized carbons (Fsp3) is 0.935. The average molecular weight is 1170 g/mol. The van der Waals surface area contributed by atoms with Crippen LogP contribution < -0.4 is 0 Å². The van der Waals surface area contributed by atoms with Gasteiger partial charge in [0.25, 0.3) is 0 Å². The van der Waals surface area contributed by atoms with Gasteiger partial charge >= 0.3 is 17.9 Å². The molecule has 492 valence electrons. The third-order valence-corrected chi connectivity index (χ3v) is 17.8. The van der Waals surface area contributed by atoms with Gasteiger partial charge in [0.15, 0.2) is 6.10 Å². The van der Waals surface area contributed by atoms with E-state index >= 15 is 0 Å². The van der Waals surface area contributed by atoms with Gasteiger partial charge in [-0.25, -0.2) is 0 Å². The molecule has 6 heteroatoms. The van der Waals surface area contributed by atoms with Gasteiger partial charge < -0.3 is 14.2 Å². The molecule has 0 fully saturated rings. The zero-order chi connectivity index (χ0) is 59.9. The van der Waals surface area contributed by atoms with E-state index in [-0.39, 0.29) is 31.1 Å². The largest absolute Gasteiger partial charge is 0.462 e. The van der Waals surface area contributed by atoms with Crippen molar-refractivity contribution in [2.24, 2.45) is 0 Å². The van der Waals surface area contributed by atoms with Crippen molar-refractivity contribution in [2.75, 3.05) is 13.2 Å². The van der Waals surface area contributed by atoms with Gasteiger partial charge in [0.1, 0.15) is 13.2 Å². The van der Waals surface area contributed by atoms with Crippen LogP contribution in [-0.4, -0.2) is 37.2 Å². The zero-order valence-corrected chi connectivity index (χ0v) is 56.8. The van der Waals surface area contributed by atoms with Crippen LogP contribution in [0.3, 0.4) is 0 Å². The first-order chi connectivity index (χ1) is 41.0. The van der Waals surface area contributed by atoms with E-state index < -0.39 is 6.10 Å². The standard InChI is InChI=1S/C77H148O6/c1-4-7-10-13-16-19-22-25-28-30-32-34-36-38-39-41-42-44-46-49-52-55-58-61-64-67-70-76(79)82-73-74(72-81-75(78)69-66-63-60-57-54-51-48-27-24-21-18-15-12-9-6-3)83-77(80)71-68-65-62-59-56-53-50-47-45-43-40-37-35-33-31-29-26-23-20-17-14-11-8-5-2/h27,48,74H,4-26,28-47,49-73H2,1-3H3/b48-27-. The Bertz CT molecular complexity index is 1300. The molecule has 0 aliphatic heterocycles. The maximum Gasteiger partial charge on any atom is 0.306 e. The molecule has 83 heavy (non-hydrogen) atoms. The van der Waals surface area contributed by atoms with E-state index in [0.717, 1.165) is 64.2 Å². The molecule has 0 aromatic rings. The highest BCUT2D eigenvalue weighted by molar-refractivity contribution is 5.71. The molecule has 0 aromatic carbocycles. The smallest absolute Gasteiger partial charge is 0.306 e. The van der Waals surface area contributed by atoms with E-state index in [4.69, 9.17) is 14.2 Å². The molecular formula is C77H148O6. The first-order valence-corrected chi connectivity index (χ1v) is 38.2. The van der Waals surface area contributed by atoms with Crippen molar-refractivity contribution in [3.05, 3.63) is 12.2 Å². The molecular weight excluding hydrogens is 1020 g/mol. The van der Waals surface area contributed by atoms with E-state index in [1.165, 1.54) is 340 Å². The highest BCUT2D eigenvalue weighted by Crippen LogP contribution is 2.20. The Hall–Kier alpha value is -1.85. The molecule has 0 saturated heterocycles. The SMILES string of the molecule is CCCCCCCC/C=C\CCCCCCCC(=O)OCC(COC(=O)CCCCCCCCCCCCCCCCCCCCCCCCCCCC)OC(=O)CCCCCCCCCCCCCCCCCCCCCCCCCC. The predicted octanol–water partition coefficient (Wildman–Crippen LogP) is 26.3. The summed E-state index contributed by atoms with van der Waals surface area (Å²) in [6, 6.07) is 0. The first-order valence-electron chi connectivity index (χ1n) is 38.2. The quantitative estimate of drug-likeness (QED) is 0.0261. The number of allylic oxidation sites excluding steroid dienone is 2. The van der Waals surface area contributed by atoms with Crippen molar-refractivity contribution in [1.82, 2.24) is 0 Å². The molecule has 0 N–H and O–H groups in total. The second-order valence-electron chi connectivity index (χ2n) is 26.3. The van der Waals surface area contributed by atoms with Crippen LogP contribution in [0.15, 0.2) is 12.2 Å². The number of carbonyl (C=O) groups is 3. The summed E-state index contributed by atoms with van der Waals surface area (Å²) >= 11 is 0. The van der Waals surface area contributed by atoms with Crippen molar-refractivity contribution in [1.29, 1.82) is 0 Å². The van der Waals surface area contributed by atoms with E-state index in [2.05, 4.69) is 32.9 Å². The minimum atomic E-state index is -0.771. The molecule has 0 radical (unpaired) electrons. The molecule has 0 saturated carbocycles. The van der Waals surface area contributed by atoms with E-state index in [0.29, 0.717) is 19.3 Å². The van der Waals surface area contributed by atoms with Gasteiger partial charge in [-0.15, -0.1) is 0 Å². The Morgan fingerprint density at radius 2 is 0.398 bits per heavy atom. The Morgan fingerprint density at radius 1 is 0.229 bits per heavy atom. The normalized spacial score (nSPS) is 12.0. The summed E-state index contributed by atoms with van der Waals surface area (Å²) in [4.78, 5) is 38.5. The van der Waals surface area contributed by atoms with Crippen LogP contribution in [0, 0.1) is 0 Å². The molecule has 0 aliphatic rings. The highest BCUT2D eigenvalue weighted by Gasteiger charge is 2.20. The van der Waals surface area contributed by atoms with E-state index in [1.54, 1.807) is 0 Å². The number of carbonyl (C=O) groups excluding carboxylic acids is 3. The minimum absolute atomic E-state index is 0.0653. The Labute approximate surface area is 520 Å². The Morgan fingerprint density at radius 3 is 0.602 bits per heavy atom. The van der Waals surface area contributed by atoms with Crippen LogP contribution in [0.4, 0.5) is 0 Å². The van der Waals surface area contributed by atoms with Crippen molar-refractivity contribution in [3.63, 3.8) is 0 Å². The summed E-state index contributed by atoms with van der Waals surface area (Å²) in [6.45, 7) is 6.73. The fourth-order valence-corrected chi connectivity index (χ4v) is 12.0. The maximum absolute atomic E-state index is 13.0. The van der Waals surface area contributed by atoms with Crippen LogP contribution in [0.1, 0.15) is 445 Å². The lowest BCUT2D eigenvalue weighted by atomic mass is 10.0. The molecule has 0 rings (SSSR count). The van der Waals surface area contributed by atoms with Crippen molar-refractivity contribution in [3.8, 4) is 0 Å². The van der Waals surface area contributed by atoms with Crippen LogP contribution in [-0.2, 0) is 28.6 Å². The third-order valence-electron chi connectivity index (χ3n) is 17.8. The van der Waals surface area contributed by atoms with E-state index in [9.17, 15) is 14.4 Å². The molecule has 1 unspecified atom stereocenters. The summed E-state index contributed by atoms with van der Waals surface area (Å²) < 4.78 is 17.0. The number of rotatable bonds is 72. The van der Waals surface area contributed by atoms with Gasteiger partial charge in [0, 0.05) is 19.3 Å². The molecule has 0 amide bonds. The fourth-order valence-electron chi connectivity index (χ4n) is 12.0. The molecule has 0 heterocycles. The second-order valence-corrected chi connectivity index (χ2v) is 26.3. The Balaban J connectivity index is 4.21. The lowest BCUT2D eigenvalue weighted by molar-refractivity contribution is -0.167. The van der Waals surface area contributed by atoms with Crippen LogP contribution in [0.5, 0.6) is 0 Å². The summed E-state index contributed by atoms with van der Waals surface area (Å²) in [5.74, 6) is -0.834. The van der Waals surface area contributed by atoms with E-state index in [1.807, 2.05) is 0 Å². The summed E-state index contributed by atoms with van der Waals surface area (Å²) in [5, 5.41) is 0. The lowest BCUT2D eigenvalue weighted by Crippen LogP contribution is -2.30. The molecule has 0 bridgehead atoms. The average Bonchev–Trinajstić information content (AvgIpc) is 3.50. The minimum Gasteiger partial charge on any atom is -0.462 e. The topological polar surface area (TPSA) is 78.9 Å². The molecule has 0 aromatic heterocycles. The molecule has 0 aliphatic carbocycles. The highest BCUT2D eigenvalue weighted by atomic mass is 16.6. The monoisotopic (exact) mass is 1170 g/mol. The third kappa shape index (κ3) is 70.8. The summed E-state index contributed by atoms with van der Waals surface area (Å²) in [5.41, 5.74) is 0. The zero-order valence-electron chi connectivity index (χ0n) is 56.8. The van der Waals surface area contributed by atoms with Crippen molar-refractivity contribution >= 4 is 17.9 Å². The second kappa shape index (κ2) is 72.6. The maximum atomic E-state index is 13.0. The number of hydrogen-bond acceptors (Lipinski definition) is 6. The number of esters is 3.